The maximum atomic E-state index is 4.09. The topological polar surface area (TPSA) is 16.1 Å². The predicted molar refractivity (Wildman–Crippen MR) is 88.3 cm³/mol. The van der Waals surface area contributed by atoms with Crippen LogP contribution < -0.4 is 4.90 Å². The summed E-state index contributed by atoms with van der Waals surface area (Å²) in [5.74, 6) is 0. The zero-order valence-corrected chi connectivity index (χ0v) is 12.5. The lowest BCUT2D eigenvalue weighted by molar-refractivity contribution is 1.11. The summed E-state index contributed by atoms with van der Waals surface area (Å²) in [5.41, 5.74) is 4.95. The number of hydrogen-bond donors (Lipinski definition) is 0. The number of anilines is 2. The summed E-state index contributed by atoms with van der Waals surface area (Å²) in [6.07, 6.45) is 3.67. The molecule has 0 amide bonds. The molecule has 1 aromatic heterocycles. The van der Waals surface area contributed by atoms with Gasteiger partial charge in [-0.05, 0) is 47.5 Å². The molecule has 0 saturated carbocycles. The van der Waals surface area contributed by atoms with Gasteiger partial charge in [-0.25, -0.2) is 0 Å². The Morgan fingerprint density at radius 3 is 2.43 bits per heavy atom. The van der Waals surface area contributed by atoms with Crippen LogP contribution in [0.2, 0.25) is 0 Å². The van der Waals surface area contributed by atoms with Crippen molar-refractivity contribution in [3.63, 3.8) is 0 Å². The van der Waals surface area contributed by atoms with Gasteiger partial charge < -0.3 is 4.90 Å². The van der Waals surface area contributed by atoms with Crippen LogP contribution in [0.5, 0.6) is 0 Å². The number of benzene rings is 2. The Morgan fingerprint density at radius 2 is 1.57 bits per heavy atom. The van der Waals surface area contributed by atoms with Crippen molar-refractivity contribution in [1.29, 1.82) is 0 Å². The molecule has 2 aromatic carbocycles. The Kier molecular flexibility index (Phi) is 2.93. The Hall–Kier alpha value is -2.26. The van der Waals surface area contributed by atoms with E-state index < -0.39 is 0 Å². The molecule has 0 fully saturated rings. The molecule has 3 aromatic rings. The molecule has 1 aliphatic rings. The number of para-hydroxylation sites is 1. The second kappa shape index (κ2) is 4.93. The number of aromatic nitrogens is 1. The van der Waals surface area contributed by atoms with E-state index in [0.717, 1.165) is 0 Å². The van der Waals surface area contributed by atoms with Crippen LogP contribution in [0.3, 0.4) is 0 Å². The van der Waals surface area contributed by atoms with Gasteiger partial charge in [-0.2, -0.15) is 0 Å². The highest BCUT2D eigenvalue weighted by molar-refractivity contribution is 7.99. The molecule has 1 aliphatic heterocycles. The standard InChI is InChI=1S/C18H14N2S/c1-20-15-4-2-3-5-17(15)21-18-7-6-14(12-16(18)20)13-8-10-19-11-9-13/h2-12H,1H3. The van der Waals surface area contributed by atoms with E-state index in [0.29, 0.717) is 0 Å². The fourth-order valence-electron chi connectivity index (χ4n) is 2.66. The molecule has 2 heterocycles. The molecular formula is C18H14N2S. The number of pyridine rings is 1. The van der Waals surface area contributed by atoms with E-state index in [9.17, 15) is 0 Å². The van der Waals surface area contributed by atoms with Crippen LogP contribution in [-0.2, 0) is 0 Å². The van der Waals surface area contributed by atoms with Crippen LogP contribution in [0.15, 0.2) is 76.8 Å². The van der Waals surface area contributed by atoms with Crippen molar-refractivity contribution in [3.8, 4) is 11.1 Å². The summed E-state index contributed by atoms with van der Waals surface area (Å²) in [6, 6.07) is 19.3. The Balaban J connectivity index is 1.83. The van der Waals surface area contributed by atoms with Gasteiger partial charge in [0.25, 0.3) is 0 Å². The summed E-state index contributed by atoms with van der Waals surface area (Å²) in [4.78, 5) is 8.97. The van der Waals surface area contributed by atoms with Crippen LogP contribution in [-0.4, -0.2) is 12.0 Å². The van der Waals surface area contributed by atoms with Crippen molar-refractivity contribution < 1.29 is 0 Å². The molecule has 0 bridgehead atoms. The molecule has 0 unspecified atom stereocenters. The third kappa shape index (κ3) is 2.10. The molecule has 0 atom stereocenters. The van der Waals surface area contributed by atoms with Gasteiger partial charge in [0.15, 0.2) is 0 Å². The number of hydrogen-bond acceptors (Lipinski definition) is 3. The first-order valence-electron chi connectivity index (χ1n) is 6.88. The Bertz CT molecular complexity index is 799. The Labute approximate surface area is 128 Å². The summed E-state index contributed by atoms with van der Waals surface area (Å²) in [5, 5.41) is 0. The number of nitrogens with zero attached hydrogens (tertiary/aromatic N) is 2. The highest BCUT2D eigenvalue weighted by Gasteiger charge is 2.20. The molecular weight excluding hydrogens is 276 g/mol. The first-order chi connectivity index (χ1) is 10.3. The summed E-state index contributed by atoms with van der Waals surface area (Å²) in [6.45, 7) is 0. The van der Waals surface area contributed by atoms with Gasteiger partial charge in [0.1, 0.15) is 0 Å². The van der Waals surface area contributed by atoms with Crippen molar-refractivity contribution in [1.82, 2.24) is 4.98 Å². The first-order valence-corrected chi connectivity index (χ1v) is 7.69. The zero-order chi connectivity index (χ0) is 14.2. The molecule has 21 heavy (non-hydrogen) atoms. The fraction of sp³-hybridized carbons (Fsp3) is 0.0556. The van der Waals surface area contributed by atoms with E-state index in [2.05, 4.69) is 59.4 Å². The van der Waals surface area contributed by atoms with E-state index >= 15 is 0 Å². The summed E-state index contributed by atoms with van der Waals surface area (Å²) >= 11 is 1.84. The lowest BCUT2D eigenvalue weighted by Gasteiger charge is -2.29. The van der Waals surface area contributed by atoms with Gasteiger partial charge in [-0.3, -0.25) is 4.98 Å². The molecule has 4 rings (SSSR count). The highest BCUT2D eigenvalue weighted by Crippen LogP contribution is 2.48. The second-order valence-electron chi connectivity index (χ2n) is 5.05. The minimum absolute atomic E-state index is 1.20. The molecule has 2 nitrogen and oxygen atoms in total. The Morgan fingerprint density at radius 1 is 0.810 bits per heavy atom. The van der Waals surface area contributed by atoms with Crippen LogP contribution >= 0.6 is 11.8 Å². The van der Waals surface area contributed by atoms with Crippen LogP contribution in [0.25, 0.3) is 11.1 Å². The SMILES string of the molecule is CN1c2ccccc2Sc2ccc(-c3ccncc3)cc21. The monoisotopic (exact) mass is 290 g/mol. The van der Waals surface area contributed by atoms with Gasteiger partial charge in [-0.15, -0.1) is 0 Å². The fourth-order valence-corrected chi connectivity index (χ4v) is 3.79. The van der Waals surface area contributed by atoms with E-state index in [1.807, 2.05) is 36.3 Å². The normalized spacial score (nSPS) is 12.7. The lowest BCUT2D eigenvalue weighted by Crippen LogP contribution is -2.14. The largest absolute Gasteiger partial charge is 0.343 e. The third-order valence-electron chi connectivity index (χ3n) is 3.78. The van der Waals surface area contributed by atoms with Gasteiger partial charge in [0.05, 0.1) is 11.4 Å². The molecule has 0 spiro atoms. The molecule has 0 radical (unpaired) electrons. The maximum absolute atomic E-state index is 4.09. The van der Waals surface area contributed by atoms with Gasteiger partial charge in [0, 0.05) is 29.2 Å². The van der Waals surface area contributed by atoms with E-state index in [-0.39, 0.29) is 0 Å². The van der Waals surface area contributed by atoms with Gasteiger partial charge in [-0.1, -0.05) is 30.0 Å². The summed E-state index contributed by atoms with van der Waals surface area (Å²) in [7, 11) is 2.13. The van der Waals surface area contributed by atoms with Crippen molar-refractivity contribution in [2.75, 3.05) is 11.9 Å². The van der Waals surface area contributed by atoms with Crippen molar-refractivity contribution >= 4 is 23.1 Å². The smallest absolute Gasteiger partial charge is 0.0556 e. The van der Waals surface area contributed by atoms with Crippen LogP contribution in [0, 0.1) is 0 Å². The van der Waals surface area contributed by atoms with E-state index in [1.54, 1.807) is 0 Å². The third-order valence-corrected chi connectivity index (χ3v) is 4.91. The quantitative estimate of drug-likeness (QED) is 0.628. The molecule has 3 heteroatoms. The first kappa shape index (κ1) is 12.5. The van der Waals surface area contributed by atoms with Crippen molar-refractivity contribution in [2.24, 2.45) is 0 Å². The minimum atomic E-state index is 1.20. The average Bonchev–Trinajstić information content (AvgIpc) is 2.56. The lowest BCUT2D eigenvalue weighted by atomic mass is 10.1. The molecule has 0 saturated heterocycles. The average molecular weight is 290 g/mol. The van der Waals surface area contributed by atoms with E-state index in [4.69, 9.17) is 0 Å². The van der Waals surface area contributed by atoms with E-state index in [1.165, 1.54) is 32.3 Å². The van der Waals surface area contributed by atoms with Gasteiger partial charge >= 0.3 is 0 Å². The maximum Gasteiger partial charge on any atom is 0.0556 e. The predicted octanol–water partition coefficient (Wildman–Crippen LogP) is 4.98. The van der Waals surface area contributed by atoms with Crippen molar-refractivity contribution in [2.45, 2.75) is 9.79 Å². The minimum Gasteiger partial charge on any atom is -0.343 e. The number of fused-ring (bicyclic) bond motifs is 2. The second-order valence-corrected chi connectivity index (χ2v) is 6.13. The molecule has 102 valence electrons. The highest BCUT2D eigenvalue weighted by atomic mass is 32.2. The molecule has 0 aliphatic carbocycles. The summed E-state index contributed by atoms with van der Waals surface area (Å²) < 4.78 is 0. The zero-order valence-electron chi connectivity index (χ0n) is 11.7. The molecule has 0 N–H and O–H groups in total. The van der Waals surface area contributed by atoms with Crippen LogP contribution in [0.4, 0.5) is 11.4 Å². The number of rotatable bonds is 1. The van der Waals surface area contributed by atoms with Crippen LogP contribution in [0.1, 0.15) is 0 Å². The van der Waals surface area contributed by atoms with Crippen molar-refractivity contribution in [3.05, 3.63) is 67.0 Å². The van der Waals surface area contributed by atoms with Gasteiger partial charge in [0.2, 0.25) is 0 Å².